The average Bonchev–Trinajstić information content (AvgIpc) is 2.97. The Balaban J connectivity index is 1.50. The van der Waals surface area contributed by atoms with Crippen molar-refractivity contribution in [1.82, 2.24) is 9.13 Å². The van der Waals surface area contributed by atoms with Crippen LogP contribution in [0, 0.1) is 24.4 Å². The Morgan fingerprint density at radius 2 is 1.46 bits per heavy atom. The maximum atomic E-state index is 14.6. The van der Waals surface area contributed by atoms with Gasteiger partial charge in [0.1, 0.15) is 23.4 Å². The van der Waals surface area contributed by atoms with Crippen LogP contribution in [0.25, 0.3) is 0 Å². The smallest absolute Gasteiger partial charge is 0.331 e. The summed E-state index contributed by atoms with van der Waals surface area (Å²) in [6.07, 6.45) is 0.728. The number of halogens is 3. The molecule has 214 valence electrons. The van der Waals surface area contributed by atoms with Crippen LogP contribution in [0.2, 0.25) is 0 Å². The van der Waals surface area contributed by atoms with Gasteiger partial charge in [-0.25, -0.2) is 18.0 Å². The van der Waals surface area contributed by atoms with Crippen molar-refractivity contribution < 1.29 is 17.9 Å². The molecule has 0 bridgehead atoms. The molecule has 2 N–H and O–H groups in total. The molecule has 1 aliphatic heterocycles. The number of anilines is 1. The van der Waals surface area contributed by atoms with Crippen LogP contribution in [0.3, 0.4) is 0 Å². The Labute approximate surface area is 235 Å². The second-order valence-corrected chi connectivity index (χ2v) is 10.2. The molecule has 1 aromatic heterocycles. The van der Waals surface area contributed by atoms with Gasteiger partial charge in [-0.3, -0.25) is 13.9 Å². The number of hydrogen-bond donors (Lipinski definition) is 1. The van der Waals surface area contributed by atoms with Crippen LogP contribution in [0.1, 0.15) is 35.7 Å². The molecule has 1 unspecified atom stereocenters. The minimum Gasteiger partial charge on any atom is -0.487 e. The summed E-state index contributed by atoms with van der Waals surface area (Å²) in [5.74, 6) is -1.86. The highest BCUT2D eigenvalue weighted by atomic mass is 19.1. The predicted molar refractivity (Wildman–Crippen MR) is 151 cm³/mol. The Morgan fingerprint density at radius 3 is 2.12 bits per heavy atom. The fourth-order valence-electron chi connectivity index (χ4n) is 5.26. The number of nitrogens with zero attached hydrogens (tertiary/aromatic N) is 3. The van der Waals surface area contributed by atoms with Crippen molar-refractivity contribution in [2.24, 2.45) is 5.73 Å². The molecule has 7 nitrogen and oxygen atoms in total. The minimum atomic E-state index is -0.789. The Bertz CT molecular complexity index is 1630. The molecular formula is C31H31F3N4O3. The number of nitrogens with two attached hydrogens (primary N) is 1. The van der Waals surface area contributed by atoms with Gasteiger partial charge < -0.3 is 15.4 Å². The van der Waals surface area contributed by atoms with Crippen molar-refractivity contribution in [3.8, 4) is 5.75 Å². The van der Waals surface area contributed by atoms with E-state index in [9.17, 15) is 22.8 Å². The molecule has 2 heterocycles. The van der Waals surface area contributed by atoms with Gasteiger partial charge in [0.2, 0.25) is 0 Å². The zero-order valence-electron chi connectivity index (χ0n) is 22.6. The third-order valence-electron chi connectivity index (χ3n) is 7.53. The van der Waals surface area contributed by atoms with Crippen LogP contribution in [-0.2, 0) is 13.1 Å². The van der Waals surface area contributed by atoms with E-state index in [4.69, 9.17) is 10.5 Å². The SMILES string of the molecule is Cc1c(N2CCC(Oc3ccccc3F)CC2)c(=O)n(CC(N)c2ccccc2)c(=O)n1Cc1c(F)cccc1F. The summed E-state index contributed by atoms with van der Waals surface area (Å²) in [4.78, 5) is 29.4. The molecule has 1 aliphatic rings. The van der Waals surface area contributed by atoms with E-state index in [0.29, 0.717) is 31.6 Å². The number of para-hydroxylation sites is 1. The number of aromatic nitrogens is 2. The van der Waals surface area contributed by atoms with Crippen molar-refractivity contribution in [3.05, 3.63) is 128 Å². The standard InChI is InChI=1S/C31H31F3N4O3/c1-20-29(36-16-14-22(15-17-36)41-28-13-6-5-10-26(28)34)30(39)38(19-27(35)21-8-3-2-4-9-21)31(40)37(20)18-23-24(32)11-7-12-25(23)33/h2-13,22,27H,14-19,35H2,1H3. The lowest BCUT2D eigenvalue weighted by Crippen LogP contribution is -2.48. The van der Waals surface area contributed by atoms with Gasteiger partial charge in [-0.05, 0) is 36.8 Å². The molecule has 4 aromatic rings. The predicted octanol–water partition coefficient (Wildman–Crippen LogP) is 4.53. The van der Waals surface area contributed by atoms with Crippen molar-refractivity contribution in [3.63, 3.8) is 0 Å². The Kier molecular flexibility index (Phi) is 8.30. The maximum absolute atomic E-state index is 14.6. The van der Waals surface area contributed by atoms with Crippen LogP contribution < -0.4 is 26.6 Å². The van der Waals surface area contributed by atoms with Crippen LogP contribution >= 0.6 is 0 Å². The van der Waals surface area contributed by atoms with E-state index in [-0.39, 0.29) is 29.6 Å². The van der Waals surface area contributed by atoms with Crippen molar-refractivity contribution >= 4 is 5.69 Å². The first-order valence-corrected chi connectivity index (χ1v) is 13.5. The van der Waals surface area contributed by atoms with Crippen LogP contribution in [0.4, 0.5) is 18.9 Å². The molecule has 0 saturated carbocycles. The van der Waals surface area contributed by atoms with Crippen molar-refractivity contribution in [2.75, 3.05) is 18.0 Å². The number of piperidine rings is 1. The quantitative estimate of drug-likeness (QED) is 0.340. The van der Waals surface area contributed by atoms with E-state index < -0.39 is 41.3 Å². The first kappa shape index (κ1) is 28.2. The summed E-state index contributed by atoms with van der Waals surface area (Å²) in [5.41, 5.74) is 6.17. The normalized spacial score (nSPS) is 14.7. The molecule has 1 atom stereocenters. The highest BCUT2D eigenvalue weighted by Gasteiger charge is 2.28. The number of ether oxygens (including phenoxy) is 1. The highest BCUT2D eigenvalue weighted by molar-refractivity contribution is 5.49. The van der Waals surface area contributed by atoms with E-state index in [1.807, 2.05) is 23.1 Å². The number of hydrogen-bond acceptors (Lipinski definition) is 5. The molecule has 0 aliphatic carbocycles. The lowest BCUT2D eigenvalue weighted by Gasteiger charge is -2.35. The fourth-order valence-corrected chi connectivity index (χ4v) is 5.26. The molecule has 1 saturated heterocycles. The molecular weight excluding hydrogens is 533 g/mol. The summed E-state index contributed by atoms with van der Waals surface area (Å²) < 4.78 is 51.5. The lowest BCUT2D eigenvalue weighted by molar-refractivity contribution is 0.163. The van der Waals surface area contributed by atoms with Crippen molar-refractivity contribution in [2.45, 2.75) is 45.0 Å². The van der Waals surface area contributed by atoms with Crippen LogP contribution in [0.5, 0.6) is 5.75 Å². The summed E-state index contributed by atoms with van der Waals surface area (Å²) >= 11 is 0. The molecule has 0 radical (unpaired) electrons. The van der Waals surface area contributed by atoms with Gasteiger partial charge in [-0.2, -0.15) is 0 Å². The van der Waals surface area contributed by atoms with E-state index >= 15 is 0 Å². The summed E-state index contributed by atoms with van der Waals surface area (Å²) in [5, 5.41) is 0. The molecule has 0 spiro atoms. The largest absolute Gasteiger partial charge is 0.487 e. The molecule has 10 heteroatoms. The van der Waals surface area contributed by atoms with E-state index in [1.54, 1.807) is 37.3 Å². The van der Waals surface area contributed by atoms with Gasteiger partial charge in [-0.1, -0.05) is 48.5 Å². The average molecular weight is 565 g/mol. The van der Waals surface area contributed by atoms with Gasteiger partial charge in [0.15, 0.2) is 11.6 Å². The summed E-state index contributed by atoms with van der Waals surface area (Å²) in [6, 6.07) is 18.1. The van der Waals surface area contributed by atoms with Crippen LogP contribution in [0.15, 0.2) is 82.4 Å². The maximum Gasteiger partial charge on any atom is 0.331 e. The van der Waals surface area contributed by atoms with Gasteiger partial charge in [-0.15, -0.1) is 0 Å². The molecule has 0 amide bonds. The van der Waals surface area contributed by atoms with Crippen LogP contribution in [-0.4, -0.2) is 28.3 Å². The third-order valence-corrected chi connectivity index (χ3v) is 7.53. The van der Waals surface area contributed by atoms with E-state index in [0.717, 1.165) is 22.3 Å². The summed E-state index contributed by atoms with van der Waals surface area (Å²) in [7, 11) is 0. The second kappa shape index (κ2) is 12.1. The fraction of sp³-hybridized carbons (Fsp3) is 0.290. The topological polar surface area (TPSA) is 82.5 Å². The third kappa shape index (κ3) is 5.92. The lowest BCUT2D eigenvalue weighted by atomic mass is 10.1. The molecule has 1 fully saturated rings. The van der Waals surface area contributed by atoms with Gasteiger partial charge in [0.25, 0.3) is 5.56 Å². The van der Waals surface area contributed by atoms with E-state index in [1.165, 1.54) is 16.7 Å². The molecule has 41 heavy (non-hydrogen) atoms. The van der Waals surface area contributed by atoms with Crippen molar-refractivity contribution in [1.29, 1.82) is 0 Å². The zero-order chi connectivity index (χ0) is 29.1. The Hall–Kier alpha value is -4.31. The van der Waals surface area contributed by atoms with E-state index in [2.05, 4.69) is 0 Å². The Morgan fingerprint density at radius 1 is 0.854 bits per heavy atom. The number of rotatable bonds is 8. The van der Waals surface area contributed by atoms with Gasteiger partial charge in [0, 0.05) is 43.2 Å². The van der Waals surface area contributed by atoms with Gasteiger partial charge >= 0.3 is 5.69 Å². The number of benzene rings is 3. The minimum absolute atomic E-state index is 0.123. The molecule has 3 aromatic carbocycles. The first-order valence-electron chi connectivity index (χ1n) is 13.5. The zero-order valence-corrected chi connectivity index (χ0v) is 22.6. The molecule has 5 rings (SSSR count). The van der Waals surface area contributed by atoms with Gasteiger partial charge in [0.05, 0.1) is 13.1 Å². The highest BCUT2D eigenvalue weighted by Crippen LogP contribution is 2.25. The summed E-state index contributed by atoms with van der Waals surface area (Å²) in [6.45, 7) is 1.87. The first-order chi connectivity index (χ1) is 19.7. The monoisotopic (exact) mass is 564 g/mol. The second-order valence-electron chi connectivity index (χ2n) is 10.2.